The van der Waals surface area contributed by atoms with E-state index in [-0.39, 0.29) is 17.2 Å². The summed E-state index contributed by atoms with van der Waals surface area (Å²) in [5.41, 5.74) is 1.10. The van der Waals surface area contributed by atoms with Crippen LogP contribution < -0.4 is 0 Å². The molecule has 0 aromatic heterocycles. The van der Waals surface area contributed by atoms with Crippen molar-refractivity contribution >= 4 is 15.9 Å². The molecule has 0 bridgehead atoms. The number of benzene rings is 1. The molecule has 0 amide bonds. The summed E-state index contributed by atoms with van der Waals surface area (Å²) >= 11 is 3.22. The Morgan fingerprint density at radius 2 is 1.10 bits per heavy atom. The standard InChI is InChI=1S/C16H25BrO3/c1-3-5-7-9-11-14(18)12(10-8-6-4-2)16(20)13(17)15(11)19/h18-20H,3-10H2,1-2H3. The Bertz CT molecular complexity index is 407. The molecule has 4 heteroatoms. The highest BCUT2D eigenvalue weighted by atomic mass is 79.9. The lowest BCUT2D eigenvalue weighted by molar-refractivity contribution is 0.403. The first kappa shape index (κ1) is 17.2. The number of halogens is 1. The molecule has 1 aromatic rings. The Balaban J connectivity index is 3.04. The number of phenolic OH excluding ortho intramolecular Hbond substituents is 3. The molecule has 3 N–H and O–H groups in total. The predicted octanol–water partition coefficient (Wildman–Crippen LogP) is 5.03. The maximum Gasteiger partial charge on any atom is 0.140 e. The third-order valence-electron chi connectivity index (χ3n) is 3.62. The van der Waals surface area contributed by atoms with Gasteiger partial charge in [-0.05, 0) is 41.6 Å². The van der Waals surface area contributed by atoms with Gasteiger partial charge in [-0.2, -0.15) is 0 Å². The molecule has 0 aliphatic rings. The fourth-order valence-corrected chi connectivity index (χ4v) is 2.84. The van der Waals surface area contributed by atoms with Crippen LogP contribution in [0, 0.1) is 0 Å². The van der Waals surface area contributed by atoms with Gasteiger partial charge in [0.05, 0.1) is 0 Å². The molecule has 0 spiro atoms. The molecular weight excluding hydrogens is 320 g/mol. The van der Waals surface area contributed by atoms with E-state index in [4.69, 9.17) is 0 Å². The number of hydrogen-bond acceptors (Lipinski definition) is 3. The molecule has 0 radical (unpaired) electrons. The molecule has 0 saturated carbocycles. The predicted molar refractivity (Wildman–Crippen MR) is 85.6 cm³/mol. The smallest absolute Gasteiger partial charge is 0.140 e. The maximum absolute atomic E-state index is 10.3. The van der Waals surface area contributed by atoms with Crippen LogP contribution in [0.25, 0.3) is 0 Å². The highest BCUT2D eigenvalue weighted by molar-refractivity contribution is 9.10. The van der Waals surface area contributed by atoms with E-state index in [1.54, 1.807) is 0 Å². The van der Waals surface area contributed by atoms with Crippen LogP contribution in [-0.2, 0) is 12.8 Å². The van der Waals surface area contributed by atoms with E-state index in [9.17, 15) is 15.3 Å². The van der Waals surface area contributed by atoms with Crippen molar-refractivity contribution in [2.24, 2.45) is 0 Å². The van der Waals surface area contributed by atoms with Crippen LogP contribution in [0.5, 0.6) is 17.2 Å². The third kappa shape index (κ3) is 4.05. The second-order valence-electron chi connectivity index (χ2n) is 5.23. The summed E-state index contributed by atoms with van der Waals surface area (Å²) in [5, 5.41) is 30.5. The number of phenols is 3. The quantitative estimate of drug-likeness (QED) is 0.579. The van der Waals surface area contributed by atoms with Crippen LogP contribution >= 0.6 is 15.9 Å². The average Bonchev–Trinajstić information content (AvgIpc) is 2.44. The lowest BCUT2D eigenvalue weighted by atomic mass is 9.97. The monoisotopic (exact) mass is 344 g/mol. The summed E-state index contributed by atoms with van der Waals surface area (Å²) in [6.07, 6.45) is 7.39. The Labute approximate surface area is 129 Å². The summed E-state index contributed by atoms with van der Waals surface area (Å²) in [6.45, 7) is 4.23. The van der Waals surface area contributed by atoms with E-state index in [2.05, 4.69) is 29.8 Å². The van der Waals surface area contributed by atoms with Gasteiger partial charge in [-0.1, -0.05) is 39.5 Å². The van der Waals surface area contributed by atoms with Crippen molar-refractivity contribution < 1.29 is 15.3 Å². The second kappa shape index (κ2) is 8.40. The van der Waals surface area contributed by atoms with Crippen molar-refractivity contribution in [3.05, 3.63) is 15.6 Å². The summed E-state index contributed by atoms with van der Waals surface area (Å²) < 4.78 is 0.299. The lowest BCUT2D eigenvalue weighted by Gasteiger charge is -2.16. The zero-order valence-corrected chi connectivity index (χ0v) is 14.0. The SMILES string of the molecule is CCCCCc1c(O)c(Br)c(O)c(CCCCC)c1O. The average molecular weight is 345 g/mol. The molecule has 0 fully saturated rings. The molecule has 0 atom stereocenters. The lowest BCUT2D eigenvalue weighted by Crippen LogP contribution is -1.96. The van der Waals surface area contributed by atoms with Gasteiger partial charge in [0.1, 0.15) is 21.7 Å². The van der Waals surface area contributed by atoms with Crippen LogP contribution in [0.1, 0.15) is 63.5 Å². The van der Waals surface area contributed by atoms with E-state index in [1.807, 2.05) is 0 Å². The molecule has 0 heterocycles. The summed E-state index contributed by atoms with van der Waals surface area (Å²) in [5.74, 6) is 0.00101. The molecule has 0 unspecified atom stereocenters. The van der Waals surface area contributed by atoms with Gasteiger partial charge in [-0.3, -0.25) is 0 Å². The number of aromatic hydroxyl groups is 3. The Morgan fingerprint density at radius 3 is 1.45 bits per heavy atom. The molecule has 3 nitrogen and oxygen atoms in total. The first-order chi connectivity index (χ1) is 9.54. The van der Waals surface area contributed by atoms with E-state index in [0.29, 0.717) is 28.4 Å². The summed E-state index contributed by atoms with van der Waals surface area (Å²) in [6, 6.07) is 0. The first-order valence-corrected chi connectivity index (χ1v) is 8.27. The van der Waals surface area contributed by atoms with Crippen molar-refractivity contribution in [2.45, 2.75) is 65.2 Å². The van der Waals surface area contributed by atoms with E-state index >= 15 is 0 Å². The molecule has 0 aliphatic heterocycles. The van der Waals surface area contributed by atoms with Crippen molar-refractivity contribution in [1.82, 2.24) is 0 Å². The fraction of sp³-hybridized carbons (Fsp3) is 0.625. The zero-order chi connectivity index (χ0) is 15.1. The maximum atomic E-state index is 10.3. The van der Waals surface area contributed by atoms with Gasteiger partial charge < -0.3 is 15.3 Å². The Kier molecular flexibility index (Phi) is 7.20. The number of rotatable bonds is 8. The van der Waals surface area contributed by atoms with Crippen molar-refractivity contribution in [1.29, 1.82) is 0 Å². The molecule has 0 saturated heterocycles. The summed E-state index contributed by atoms with van der Waals surface area (Å²) in [4.78, 5) is 0. The van der Waals surface area contributed by atoms with Crippen LogP contribution in [0.15, 0.2) is 4.47 Å². The molecule has 1 aromatic carbocycles. The highest BCUT2D eigenvalue weighted by Gasteiger charge is 2.21. The first-order valence-electron chi connectivity index (χ1n) is 7.48. The summed E-state index contributed by atoms with van der Waals surface area (Å²) in [7, 11) is 0. The van der Waals surface area contributed by atoms with Gasteiger partial charge >= 0.3 is 0 Å². The zero-order valence-electron chi connectivity index (χ0n) is 12.4. The van der Waals surface area contributed by atoms with Crippen LogP contribution in [0.3, 0.4) is 0 Å². The van der Waals surface area contributed by atoms with Gasteiger partial charge in [-0.25, -0.2) is 0 Å². The largest absolute Gasteiger partial charge is 0.507 e. The van der Waals surface area contributed by atoms with Gasteiger partial charge in [-0.15, -0.1) is 0 Å². The fourth-order valence-electron chi connectivity index (χ4n) is 2.36. The Morgan fingerprint density at radius 1 is 0.700 bits per heavy atom. The van der Waals surface area contributed by atoms with Crippen LogP contribution in [0.4, 0.5) is 0 Å². The van der Waals surface area contributed by atoms with E-state index in [1.165, 1.54) is 0 Å². The van der Waals surface area contributed by atoms with E-state index < -0.39 is 0 Å². The van der Waals surface area contributed by atoms with Crippen molar-refractivity contribution in [3.63, 3.8) is 0 Å². The van der Waals surface area contributed by atoms with Gasteiger partial charge in [0.25, 0.3) is 0 Å². The van der Waals surface area contributed by atoms with Gasteiger partial charge in [0, 0.05) is 11.1 Å². The minimum absolute atomic E-state index is 0.0321. The highest BCUT2D eigenvalue weighted by Crippen LogP contribution is 2.46. The topological polar surface area (TPSA) is 60.7 Å². The van der Waals surface area contributed by atoms with Gasteiger partial charge in [0.15, 0.2) is 0 Å². The van der Waals surface area contributed by atoms with Crippen LogP contribution in [-0.4, -0.2) is 15.3 Å². The molecule has 114 valence electrons. The molecular formula is C16H25BrO3. The molecule has 1 rings (SSSR count). The minimum atomic E-state index is -0.0321. The van der Waals surface area contributed by atoms with Crippen molar-refractivity contribution in [3.8, 4) is 17.2 Å². The normalized spacial score (nSPS) is 10.9. The van der Waals surface area contributed by atoms with Crippen molar-refractivity contribution in [2.75, 3.05) is 0 Å². The Hall–Kier alpha value is -0.900. The number of hydrogen-bond donors (Lipinski definition) is 3. The second-order valence-corrected chi connectivity index (χ2v) is 6.02. The molecule has 0 aliphatic carbocycles. The molecule has 20 heavy (non-hydrogen) atoms. The number of unbranched alkanes of at least 4 members (excludes halogenated alkanes) is 4. The minimum Gasteiger partial charge on any atom is -0.507 e. The third-order valence-corrected chi connectivity index (χ3v) is 4.37. The van der Waals surface area contributed by atoms with Gasteiger partial charge in [0.2, 0.25) is 0 Å². The van der Waals surface area contributed by atoms with E-state index in [0.717, 1.165) is 38.5 Å². The van der Waals surface area contributed by atoms with Crippen LogP contribution in [0.2, 0.25) is 0 Å².